The van der Waals surface area contributed by atoms with Crippen molar-refractivity contribution in [3.8, 4) is 11.8 Å². The molecule has 2 heterocycles. The van der Waals surface area contributed by atoms with Gasteiger partial charge < -0.3 is 20.1 Å². The Balaban J connectivity index is 2.22. The van der Waals surface area contributed by atoms with Gasteiger partial charge in [-0.05, 0) is 12.5 Å². The van der Waals surface area contributed by atoms with Crippen LogP contribution in [0.3, 0.4) is 0 Å². The largest absolute Gasteiger partial charge is 0.595 e. The van der Waals surface area contributed by atoms with Crippen LogP contribution in [0.4, 0.5) is 5.69 Å². The summed E-state index contributed by atoms with van der Waals surface area (Å²) in [5.41, 5.74) is 6.06. The van der Waals surface area contributed by atoms with E-state index in [2.05, 4.69) is 0 Å². The number of benzene rings is 1. The van der Waals surface area contributed by atoms with E-state index in [4.69, 9.17) is 20.1 Å². The number of hydrogen-bond acceptors (Lipinski definition) is 7. The summed E-state index contributed by atoms with van der Waals surface area (Å²) < 4.78 is 10.5. The maximum atomic E-state index is 12.3. The first-order chi connectivity index (χ1) is 11.4. The Morgan fingerprint density at radius 1 is 1.38 bits per heavy atom. The molecule has 0 spiro atoms. The molecule has 0 saturated heterocycles. The Morgan fingerprint density at radius 3 is 2.62 bits per heavy atom. The van der Waals surface area contributed by atoms with Gasteiger partial charge in [-0.3, -0.25) is 0 Å². The normalized spacial score (nSPS) is 17.7. The average molecular weight is 327 g/mol. The molecule has 1 unspecified atom stereocenters. The zero-order valence-corrected chi connectivity index (χ0v) is 12.6. The van der Waals surface area contributed by atoms with E-state index in [9.17, 15) is 15.3 Å². The van der Waals surface area contributed by atoms with Crippen LogP contribution < -0.4 is 21.3 Å². The third-order valence-corrected chi connectivity index (χ3v) is 3.75. The van der Waals surface area contributed by atoms with Crippen LogP contribution in [0.5, 0.6) is 5.75 Å². The minimum atomic E-state index is -1.07. The van der Waals surface area contributed by atoms with Crippen LogP contribution in [0.2, 0.25) is 0 Å². The van der Waals surface area contributed by atoms with Gasteiger partial charge >= 0.3 is 5.63 Å². The third-order valence-electron chi connectivity index (χ3n) is 3.75. The molecule has 2 aromatic rings. The highest BCUT2D eigenvalue weighted by molar-refractivity contribution is 5.55. The molecule has 24 heavy (non-hydrogen) atoms. The van der Waals surface area contributed by atoms with Crippen molar-refractivity contribution in [1.29, 1.82) is 5.26 Å². The first kappa shape index (κ1) is 15.8. The summed E-state index contributed by atoms with van der Waals surface area (Å²) in [7, 11) is 0. The summed E-state index contributed by atoms with van der Waals surface area (Å²) >= 11 is 0. The number of nitriles is 1. The molecule has 0 radical (unpaired) electrons. The fourth-order valence-electron chi connectivity index (χ4n) is 2.67. The highest BCUT2D eigenvalue weighted by Crippen LogP contribution is 2.40. The lowest BCUT2D eigenvalue weighted by atomic mass is 9.84. The van der Waals surface area contributed by atoms with Crippen LogP contribution >= 0.6 is 0 Å². The molecule has 1 aromatic carbocycles. The Labute approximate surface area is 136 Å². The number of allylic oxidation sites excluding steroid dienone is 1. The molecule has 0 fully saturated rings. The fourth-order valence-corrected chi connectivity index (χ4v) is 2.67. The summed E-state index contributed by atoms with van der Waals surface area (Å²) in [5.74, 6) is -0.291. The molecule has 0 aliphatic carbocycles. The van der Waals surface area contributed by atoms with Gasteiger partial charge in [0.25, 0.3) is 0 Å². The first-order valence-electron chi connectivity index (χ1n) is 6.98. The predicted molar refractivity (Wildman–Crippen MR) is 81.2 cm³/mol. The van der Waals surface area contributed by atoms with Gasteiger partial charge in [0.1, 0.15) is 23.2 Å². The van der Waals surface area contributed by atoms with Gasteiger partial charge in [-0.1, -0.05) is 12.1 Å². The number of rotatable bonds is 2. The lowest BCUT2D eigenvalue weighted by molar-refractivity contribution is -0.991. The van der Waals surface area contributed by atoms with Crippen LogP contribution in [0.25, 0.3) is 0 Å². The van der Waals surface area contributed by atoms with E-state index in [1.165, 1.54) is 30.3 Å². The van der Waals surface area contributed by atoms with Gasteiger partial charge in [-0.2, -0.15) is 10.5 Å². The lowest BCUT2D eigenvalue weighted by Crippen LogP contribution is -2.99. The summed E-state index contributed by atoms with van der Waals surface area (Å²) in [5, 5.41) is 28.3. The standard InChI is InChI=1S/C16H13N3O5/c1-8-6-12-14(16(20)23-8)13(11(7-17)15(18)24-12)9-2-4-10(5-3-9)19(21)22/h2-6,13,19,21H,18H2,1H3/t13-/m0/s1. The molecule has 0 bridgehead atoms. The molecular formula is C16H13N3O5. The molecule has 1 aliphatic rings. The van der Waals surface area contributed by atoms with Crippen molar-refractivity contribution < 1.29 is 19.6 Å². The van der Waals surface area contributed by atoms with Crippen molar-refractivity contribution in [1.82, 2.24) is 0 Å². The van der Waals surface area contributed by atoms with Crippen molar-refractivity contribution in [2.45, 2.75) is 12.8 Å². The average Bonchev–Trinajstić information content (AvgIpc) is 2.53. The minimum absolute atomic E-state index is 0.0710. The maximum Gasteiger partial charge on any atom is 0.343 e. The van der Waals surface area contributed by atoms with Gasteiger partial charge in [0.15, 0.2) is 5.69 Å². The molecule has 1 aliphatic heterocycles. The summed E-state index contributed by atoms with van der Waals surface area (Å²) in [4.78, 5) is 12.3. The smallest absolute Gasteiger partial charge is 0.343 e. The predicted octanol–water partition coefficient (Wildman–Crippen LogP) is 0.570. The third kappa shape index (κ3) is 2.53. The summed E-state index contributed by atoms with van der Waals surface area (Å²) in [6, 6.07) is 9.34. The molecule has 1 aromatic heterocycles. The molecule has 8 nitrogen and oxygen atoms in total. The number of ether oxygens (including phenoxy) is 1. The van der Waals surface area contributed by atoms with E-state index in [-0.39, 0.29) is 28.5 Å². The van der Waals surface area contributed by atoms with E-state index in [1.54, 1.807) is 6.92 Å². The number of aryl methyl sites for hydroxylation is 1. The maximum absolute atomic E-state index is 12.3. The number of nitrogens with two attached hydrogens (primary N) is 1. The first-order valence-corrected chi connectivity index (χ1v) is 6.98. The van der Waals surface area contributed by atoms with Gasteiger partial charge in [0.05, 0.1) is 11.5 Å². The molecule has 0 amide bonds. The Kier molecular flexibility index (Phi) is 3.83. The second-order valence-electron chi connectivity index (χ2n) is 5.27. The van der Waals surface area contributed by atoms with E-state index < -0.39 is 16.8 Å². The highest BCUT2D eigenvalue weighted by Gasteiger charge is 2.34. The second-order valence-corrected chi connectivity index (χ2v) is 5.27. The molecule has 2 atom stereocenters. The van der Waals surface area contributed by atoms with Crippen LogP contribution in [0.15, 0.2) is 51.0 Å². The van der Waals surface area contributed by atoms with Crippen LogP contribution in [0.1, 0.15) is 22.8 Å². The second kappa shape index (κ2) is 5.82. The molecular weight excluding hydrogens is 314 g/mol. The molecule has 0 saturated carbocycles. The highest BCUT2D eigenvalue weighted by atomic mass is 16.8. The number of quaternary nitrogens is 1. The number of nitrogens with one attached hydrogen (secondary N) is 1. The number of hydrogen-bond donors (Lipinski definition) is 3. The van der Waals surface area contributed by atoms with Gasteiger partial charge in [-0.15, -0.1) is 0 Å². The summed E-state index contributed by atoms with van der Waals surface area (Å²) in [6.07, 6.45) is 0. The monoisotopic (exact) mass is 327 g/mol. The Bertz CT molecular complexity index is 922. The van der Waals surface area contributed by atoms with Crippen LogP contribution in [0, 0.1) is 23.5 Å². The molecule has 8 heteroatoms. The van der Waals surface area contributed by atoms with Gasteiger partial charge in [0.2, 0.25) is 5.88 Å². The molecule has 4 N–H and O–H groups in total. The van der Waals surface area contributed by atoms with Crippen LogP contribution in [-0.4, -0.2) is 5.21 Å². The van der Waals surface area contributed by atoms with Crippen molar-refractivity contribution >= 4 is 5.69 Å². The summed E-state index contributed by atoms with van der Waals surface area (Å²) in [6.45, 7) is 1.60. The van der Waals surface area contributed by atoms with Crippen molar-refractivity contribution in [2.24, 2.45) is 5.73 Å². The van der Waals surface area contributed by atoms with E-state index in [0.29, 0.717) is 11.3 Å². The van der Waals surface area contributed by atoms with Crippen molar-refractivity contribution in [2.75, 3.05) is 0 Å². The van der Waals surface area contributed by atoms with Crippen molar-refractivity contribution in [3.05, 3.63) is 74.3 Å². The quantitative estimate of drug-likeness (QED) is 0.686. The van der Waals surface area contributed by atoms with E-state index in [0.717, 1.165) is 0 Å². The zero-order valence-electron chi connectivity index (χ0n) is 12.6. The van der Waals surface area contributed by atoms with Crippen molar-refractivity contribution in [3.63, 3.8) is 0 Å². The number of nitrogens with zero attached hydrogens (tertiary/aromatic N) is 1. The lowest BCUT2D eigenvalue weighted by Gasteiger charge is -2.25. The fraction of sp³-hybridized carbons (Fsp3) is 0.125. The van der Waals surface area contributed by atoms with E-state index >= 15 is 0 Å². The Hall–Kier alpha value is -3.12. The molecule has 122 valence electrons. The van der Waals surface area contributed by atoms with Gasteiger partial charge in [-0.25, -0.2) is 10.0 Å². The number of fused-ring (bicyclic) bond motifs is 1. The zero-order chi connectivity index (χ0) is 17.4. The minimum Gasteiger partial charge on any atom is -0.595 e. The molecule has 3 rings (SSSR count). The van der Waals surface area contributed by atoms with E-state index in [1.807, 2.05) is 6.07 Å². The Morgan fingerprint density at radius 2 is 2.04 bits per heavy atom. The van der Waals surface area contributed by atoms with Crippen LogP contribution in [-0.2, 0) is 0 Å². The SMILES string of the molecule is Cc1cc2c(c(=O)o1)[C@@H](c1ccc([NH+]([O-])O)cc1)C(C#N)=C(N)O2. The topological polar surface area (TPSA) is 137 Å². The van der Waals surface area contributed by atoms with Gasteiger partial charge in [0, 0.05) is 18.2 Å².